The molecule has 0 N–H and O–H groups in total. The standard InChI is InChI=1S/C14H15NO3/c1-3-10(2)13(16)15-12(9-18-14(15)17)11-7-5-4-6-8-11/h3-8,12H,9H2,1-2H3/b10-3+/t12-/m1/s1. The van der Waals surface area contributed by atoms with Gasteiger partial charge >= 0.3 is 6.09 Å². The normalized spacial score (nSPS) is 19.9. The average molecular weight is 245 g/mol. The lowest BCUT2D eigenvalue weighted by Crippen LogP contribution is -2.34. The zero-order valence-electron chi connectivity index (χ0n) is 10.4. The molecule has 1 atom stereocenters. The van der Waals surface area contributed by atoms with Crippen molar-refractivity contribution >= 4 is 12.0 Å². The molecule has 0 aliphatic carbocycles. The molecule has 4 heteroatoms. The maximum Gasteiger partial charge on any atom is 0.417 e. The minimum Gasteiger partial charge on any atom is -0.446 e. The Balaban J connectivity index is 2.32. The third kappa shape index (κ3) is 2.14. The molecule has 0 radical (unpaired) electrons. The smallest absolute Gasteiger partial charge is 0.417 e. The monoisotopic (exact) mass is 245 g/mol. The van der Waals surface area contributed by atoms with Crippen molar-refractivity contribution in [1.82, 2.24) is 4.90 Å². The first-order valence-electron chi connectivity index (χ1n) is 5.83. The topological polar surface area (TPSA) is 46.6 Å². The van der Waals surface area contributed by atoms with E-state index in [2.05, 4.69) is 0 Å². The summed E-state index contributed by atoms with van der Waals surface area (Å²) in [6.45, 7) is 3.67. The first-order chi connectivity index (χ1) is 8.65. The van der Waals surface area contributed by atoms with Gasteiger partial charge in [0, 0.05) is 5.57 Å². The second-order valence-electron chi connectivity index (χ2n) is 4.15. The van der Waals surface area contributed by atoms with Crippen molar-refractivity contribution in [1.29, 1.82) is 0 Å². The average Bonchev–Trinajstić information content (AvgIpc) is 2.80. The van der Waals surface area contributed by atoms with Crippen molar-refractivity contribution in [3.8, 4) is 0 Å². The van der Waals surface area contributed by atoms with Gasteiger partial charge < -0.3 is 4.74 Å². The molecule has 0 spiro atoms. The Morgan fingerprint density at radius 2 is 2.06 bits per heavy atom. The van der Waals surface area contributed by atoms with E-state index in [4.69, 9.17) is 4.74 Å². The van der Waals surface area contributed by atoms with Crippen molar-refractivity contribution in [2.24, 2.45) is 0 Å². The molecule has 1 aliphatic heterocycles. The highest BCUT2D eigenvalue weighted by atomic mass is 16.6. The molecule has 0 saturated carbocycles. The number of allylic oxidation sites excluding steroid dienone is 1. The van der Waals surface area contributed by atoms with Gasteiger partial charge in [-0.1, -0.05) is 36.4 Å². The Morgan fingerprint density at radius 3 is 2.67 bits per heavy atom. The van der Waals surface area contributed by atoms with Crippen molar-refractivity contribution < 1.29 is 14.3 Å². The van der Waals surface area contributed by atoms with Gasteiger partial charge in [-0.2, -0.15) is 0 Å². The number of rotatable bonds is 2. The third-order valence-electron chi connectivity index (χ3n) is 3.05. The minimum atomic E-state index is -0.574. The Morgan fingerprint density at radius 1 is 1.39 bits per heavy atom. The molecule has 1 aliphatic rings. The SMILES string of the molecule is C/C=C(\C)C(=O)N1C(=O)OC[C@@H]1c1ccccc1. The number of amides is 2. The van der Waals surface area contributed by atoms with E-state index in [1.165, 1.54) is 4.90 Å². The number of nitrogens with zero attached hydrogens (tertiary/aromatic N) is 1. The highest BCUT2D eigenvalue weighted by Crippen LogP contribution is 2.28. The van der Waals surface area contributed by atoms with Gasteiger partial charge in [0.05, 0.1) is 0 Å². The molecule has 18 heavy (non-hydrogen) atoms. The van der Waals surface area contributed by atoms with Gasteiger partial charge in [-0.25, -0.2) is 9.69 Å². The number of cyclic esters (lactones) is 1. The van der Waals surface area contributed by atoms with Crippen molar-refractivity contribution in [3.05, 3.63) is 47.5 Å². The molecular formula is C14H15NO3. The van der Waals surface area contributed by atoms with Crippen LogP contribution in [0.1, 0.15) is 25.5 Å². The summed E-state index contributed by atoms with van der Waals surface area (Å²) in [5.41, 5.74) is 1.44. The zero-order chi connectivity index (χ0) is 13.1. The van der Waals surface area contributed by atoms with Crippen molar-refractivity contribution in [2.75, 3.05) is 6.61 Å². The quantitative estimate of drug-likeness (QED) is 0.752. The fraction of sp³-hybridized carbons (Fsp3) is 0.286. The van der Waals surface area contributed by atoms with E-state index in [0.29, 0.717) is 5.57 Å². The largest absolute Gasteiger partial charge is 0.446 e. The maximum atomic E-state index is 12.1. The minimum absolute atomic E-state index is 0.214. The van der Waals surface area contributed by atoms with Gasteiger partial charge in [-0.05, 0) is 19.4 Å². The van der Waals surface area contributed by atoms with Crippen LogP contribution >= 0.6 is 0 Å². The van der Waals surface area contributed by atoms with E-state index in [1.807, 2.05) is 30.3 Å². The van der Waals surface area contributed by atoms with Crippen LogP contribution in [0.15, 0.2) is 42.0 Å². The molecule has 2 amide bonds. The summed E-state index contributed by atoms with van der Waals surface area (Å²) < 4.78 is 4.99. The van der Waals surface area contributed by atoms with Crippen LogP contribution in [0.2, 0.25) is 0 Å². The van der Waals surface area contributed by atoms with E-state index in [0.717, 1.165) is 5.56 Å². The number of benzene rings is 1. The molecule has 94 valence electrons. The lowest BCUT2D eigenvalue weighted by Gasteiger charge is -2.20. The second-order valence-corrected chi connectivity index (χ2v) is 4.15. The first kappa shape index (κ1) is 12.4. The second kappa shape index (κ2) is 5.04. The van der Waals surface area contributed by atoms with Gasteiger partial charge in [-0.15, -0.1) is 0 Å². The van der Waals surface area contributed by atoms with E-state index >= 15 is 0 Å². The summed E-state index contributed by atoms with van der Waals surface area (Å²) in [7, 11) is 0. The van der Waals surface area contributed by atoms with Gasteiger partial charge in [-0.3, -0.25) is 4.79 Å². The van der Waals surface area contributed by atoms with E-state index in [9.17, 15) is 9.59 Å². The molecule has 0 unspecified atom stereocenters. The van der Waals surface area contributed by atoms with Gasteiger partial charge in [0.1, 0.15) is 12.6 Å². The first-order valence-corrected chi connectivity index (χ1v) is 5.83. The number of ether oxygens (including phenoxy) is 1. The van der Waals surface area contributed by atoms with Crippen LogP contribution in [0, 0.1) is 0 Å². The molecule has 4 nitrogen and oxygen atoms in total. The van der Waals surface area contributed by atoms with Gasteiger partial charge in [0.15, 0.2) is 0 Å². The fourth-order valence-corrected chi connectivity index (χ4v) is 1.88. The number of hydrogen-bond acceptors (Lipinski definition) is 3. The van der Waals surface area contributed by atoms with E-state index < -0.39 is 6.09 Å². The molecular weight excluding hydrogens is 230 g/mol. The molecule has 1 heterocycles. The predicted molar refractivity (Wildman–Crippen MR) is 66.8 cm³/mol. The Kier molecular flexibility index (Phi) is 3.46. The van der Waals surface area contributed by atoms with Gasteiger partial charge in [0.2, 0.25) is 0 Å². The molecule has 1 fully saturated rings. The summed E-state index contributed by atoms with van der Waals surface area (Å²) in [5.74, 6) is -0.297. The molecule has 2 rings (SSSR count). The molecule has 1 saturated heterocycles. The fourth-order valence-electron chi connectivity index (χ4n) is 1.88. The van der Waals surface area contributed by atoms with E-state index in [1.54, 1.807) is 19.9 Å². The van der Waals surface area contributed by atoms with E-state index in [-0.39, 0.29) is 18.6 Å². The lowest BCUT2D eigenvalue weighted by molar-refractivity contribution is -0.125. The van der Waals surface area contributed by atoms with Crippen LogP contribution in [0.25, 0.3) is 0 Å². The number of carbonyl (C=O) groups is 2. The Hall–Kier alpha value is -2.10. The predicted octanol–water partition coefficient (Wildman–Crippen LogP) is 2.67. The summed E-state index contributed by atoms with van der Waals surface area (Å²) >= 11 is 0. The zero-order valence-corrected chi connectivity index (χ0v) is 10.4. The Labute approximate surface area is 106 Å². The molecule has 1 aromatic rings. The van der Waals surface area contributed by atoms with Crippen molar-refractivity contribution in [3.63, 3.8) is 0 Å². The summed E-state index contributed by atoms with van der Waals surface area (Å²) in [5, 5.41) is 0. The Bertz CT molecular complexity index is 493. The van der Waals surface area contributed by atoms with Crippen LogP contribution in [-0.4, -0.2) is 23.5 Å². The van der Waals surface area contributed by atoms with Crippen molar-refractivity contribution in [2.45, 2.75) is 19.9 Å². The van der Waals surface area contributed by atoms with Crippen LogP contribution in [0.4, 0.5) is 4.79 Å². The van der Waals surface area contributed by atoms with Crippen LogP contribution in [0.5, 0.6) is 0 Å². The van der Waals surface area contributed by atoms with Crippen LogP contribution < -0.4 is 0 Å². The summed E-state index contributed by atoms with van der Waals surface area (Å²) in [4.78, 5) is 25.0. The highest BCUT2D eigenvalue weighted by molar-refractivity contribution is 6.03. The lowest BCUT2D eigenvalue weighted by atomic mass is 10.1. The number of carbonyl (C=O) groups excluding carboxylic acids is 2. The molecule has 1 aromatic carbocycles. The summed E-state index contributed by atoms with van der Waals surface area (Å²) in [6, 6.07) is 9.09. The number of hydrogen-bond donors (Lipinski definition) is 0. The number of imide groups is 1. The molecule has 0 aromatic heterocycles. The molecule has 0 bridgehead atoms. The van der Waals surface area contributed by atoms with Crippen LogP contribution in [-0.2, 0) is 9.53 Å². The maximum absolute atomic E-state index is 12.1. The van der Waals surface area contributed by atoms with Gasteiger partial charge in [0.25, 0.3) is 5.91 Å². The highest BCUT2D eigenvalue weighted by Gasteiger charge is 2.38. The third-order valence-corrected chi connectivity index (χ3v) is 3.05. The summed E-state index contributed by atoms with van der Waals surface area (Å²) in [6.07, 6.45) is 1.12. The van der Waals surface area contributed by atoms with Crippen LogP contribution in [0.3, 0.4) is 0 Å².